The number of anilines is 2. The van der Waals surface area contributed by atoms with Crippen LogP contribution in [-0.4, -0.2) is 38.8 Å². The van der Waals surface area contributed by atoms with E-state index < -0.39 is 10.5 Å². The van der Waals surface area contributed by atoms with Gasteiger partial charge in [-0.2, -0.15) is 0 Å². The number of aliphatic hydroxyl groups is 1. The van der Waals surface area contributed by atoms with Crippen molar-refractivity contribution in [1.29, 1.82) is 0 Å². The Bertz CT molecular complexity index is 1170. The number of hydrogen-bond acceptors (Lipinski definition) is 8. The summed E-state index contributed by atoms with van der Waals surface area (Å²) in [5.74, 6) is 0.919. The molecule has 2 N–H and O–H groups in total. The number of nitrogens with one attached hydrogen (secondary N) is 1. The smallest absolute Gasteiger partial charge is 0.312 e. The fourth-order valence-corrected chi connectivity index (χ4v) is 3.14. The van der Waals surface area contributed by atoms with Gasteiger partial charge in [-0.15, -0.1) is 0 Å². The van der Waals surface area contributed by atoms with Gasteiger partial charge in [0.15, 0.2) is 0 Å². The Labute approximate surface area is 193 Å². The van der Waals surface area contributed by atoms with Crippen molar-refractivity contribution in [2.45, 2.75) is 26.4 Å². The van der Waals surface area contributed by atoms with E-state index in [9.17, 15) is 15.2 Å². The van der Waals surface area contributed by atoms with E-state index in [2.05, 4.69) is 31.2 Å². The van der Waals surface area contributed by atoms with Crippen LogP contribution in [0, 0.1) is 10.1 Å². The molecule has 32 heavy (non-hydrogen) atoms. The Morgan fingerprint density at radius 2 is 2.09 bits per heavy atom. The molecule has 0 amide bonds. The van der Waals surface area contributed by atoms with E-state index in [4.69, 9.17) is 9.47 Å². The number of nitrogens with zero attached hydrogens (tertiary/aromatic N) is 3. The maximum Gasteiger partial charge on any atom is 0.312 e. The quantitative estimate of drug-likeness (QED) is 0.235. The molecule has 3 aromatic rings. The second-order valence-corrected chi connectivity index (χ2v) is 8.51. The second-order valence-electron chi connectivity index (χ2n) is 7.60. The van der Waals surface area contributed by atoms with Crippen LogP contribution in [0.3, 0.4) is 0 Å². The van der Waals surface area contributed by atoms with E-state index in [1.165, 1.54) is 18.5 Å². The summed E-state index contributed by atoms with van der Waals surface area (Å²) in [6.07, 6.45) is 3.03. The molecule has 0 saturated carbocycles. The molecule has 0 spiro atoms. The van der Waals surface area contributed by atoms with E-state index in [1.807, 2.05) is 24.3 Å². The summed E-state index contributed by atoms with van der Waals surface area (Å²) >= 11 is 3.42. The Hall–Kier alpha value is -3.08. The summed E-state index contributed by atoms with van der Waals surface area (Å²) in [6.45, 7) is 5.23. The van der Waals surface area contributed by atoms with Crippen LogP contribution in [0.15, 0.2) is 59.0 Å². The number of ether oxygens (including phenoxy) is 2. The molecule has 10 heteroatoms. The largest absolute Gasteiger partial charge is 0.455 e. The maximum absolute atomic E-state index is 11.7. The minimum atomic E-state index is -0.694. The summed E-state index contributed by atoms with van der Waals surface area (Å²) in [5, 5.41) is 24.6. The molecule has 0 atom stereocenters. The van der Waals surface area contributed by atoms with Crippen LogP contribution in [0.2, 0.25) is 0 Å². The van der Waals surface area contributed by atoms with Gasteiger partial charge in [0.2, 0.25) is 5.75 Å². The number of benzene rings is 2. The predicted molar refractivity (Wildman–Crippen MR) is 125 cm³/mol. The first-order valence-electron chi connectivity index (χ1n) is 9.74. The van der Waals surface area contributed by atoms with Gasteiger partial charge in [0, 0.05) is 22.3 Å². The van der Waals surface area contributed by atoms with Gasteiger partial charge < -0.3 is 19.9 Å². The van der Waals surface area contributed by atoms with Gasteiger partial charge in [-0.3, -0.25) is 10.1 Å². The molecular formula is C22H23BrN4O5. The van der Waals surface area contributed by atoms with Crippen LogP contribution in [0.25, 0.3) is 10.9 Å². The van der Waals surface area contributed by atoms with E-state index >= 15 is 0 Å². The molecule has 1 heterocycles. The highest BCUT2D eigenvalue weighted by atomic mass is 79.9. The van der Waals surface area contributed by atoms with Crippen LogP contribution in [0.1, 0.15) is 20.8 Å². The van der Waals surface area contributed by atoms with E-state index in [-0.39, 0.29) is 24.7 Å². The third-order valence-electron chi connectivity index (χ3n) is 4.50. The molecule has 0 radical (unpaired) electrons. The molecule has 9 nitrogen and oxygen atoms in total. The van der Waals surface area contributed by atoms with Gasteiger partial charge >= 0.3 is 5.69 Å². The van der Waals surface area contributed by atoms with Gasteiger partial charge in [0.25, 0.3) is 0 Å². The average molecular weight is 503 g/mol. The highest BCUT2D eigenvalue weighted by Crippen LogP contribution is 2.35. The summed E-state index contributed by atoms with van der Waals surface area (Å²) in [4.78, 5) is 19.7. The number of fused-ring (bicyclic) bond motifs is 1. The van der Waals surface area contributed by atoms with Crippen molar-refractivity contribution in [3.8, 4) is 5.75 Å². The standard InChI is InChI=1S/C22H23BrN4O5/c1-14(7-8-31-22(2,3)12-28)32-20-11-18-17(10-19(20)27(29)30)21(25-13-24-18)26-16-6-4-5-15(23)9-16/h4-7,9-11,13,28H,8,12H2,1-3H3,(H,24,25,26)/b14-7-. The number of halogens is 1. The Morgan fingerprint density at radius 1 is 1.31 bits per heavy atom. The van der Waals surface area contributed by atoms with Gasteiger partial charge in [-0.05, 0) is 45.0 Å². The minimum Gasteiger partial charge on any atom is -0.455 e. The predicted octanol–water partition coefficient (Wildman–Crippen LogP) is 5.11. The highest BCUT2D eigenvalue weighted by Gasteiger charge is 2.20. The molecule has 0 bridgehead atoms. The van der Waals surface area contributed by atoms with E-state index in [0.717, 1.165) is 10.2 Å². The summed E-state index contributed by atoms with van der Waals surface area (Å²) < 4.78 is 12.2. The molecule has 0 aliphatic rings. The van der Waals surface area contributed by atoms with Crippen LogP contribution >= 0.6 is 15.9 Å². The number of aromatic nitrogens is 2. The lowest BCUT2D eigenvalue weighted by molar-refractivity contribution is -0.385. The van der Waals surface area contributed by atoms with E-state index in [0.29, 0.717) is 22.5 Å². The van der Waals surface area contributed by atoms with Crippen LogP contribution in [0.5, 0.6) is 5.75 Å². The number of allylic oxidation sites excluding steroid dienone is 1. The van der Waals surface area contributed by atoms with Gasteiger partial charge in [0.05, 0.1) is 40.4 Å². The molecule has 1 aromatic heterocycles. The lowest BCUT2D eigenvalue weighted by atomic mass is 10.1. The molecule has 0 fully saturated rings. The first kappa shape index (κ1) is 23.6. The Morgan fingerprint density at radius 3 is 2.78 bits per heavy atom. The molecule has 0 aliphatic carbocycles. The van der Waals surface area contributed by atoms with Crippen LogP contribution in [0.4, 0.5) is 17.2 Å². The Balaban J connectivity index is 1.91. The molecule has 0 saturated heterocycles. The summed E-state index contributed by atoms with van der Waals surface area (Å²) in [7, 11) is 0. The number of aliphatic hydroxyl groups excluding tert-OH is 1. The topological polar surface area (TPSA) is 120 Å². The van der Waals surface area contributed by atoms with Crippen molar-refractivity contribution in [3.63, 3.8) is 0 Å². The first-order valence-corrected chi connectivity index (χ1v) is 10.5. The summed E-state index contributed by atoms with van der Waals surface area (Å²) in [6, 6.07) is 10.4. The van der Waals surface area contributed by atoms with Crippen molar-refractivity contribution in [2.24, 2.45) is 0 Å². The fraction of sp³-hybridized carbons (Fsp3) is 0.273. The molecule has 0 unspecified atom stereocenters. The zero-order chi connectivity index (χ0) is 23.3. The van der Waals surface area contributed by atoms with Gasteiger partial charge in [-0.25, -0.2) is 9.97 Å². The number of hydrogen-bond donors (Lipinski definition) is 2. The molecular weight excluding hydrogens is 480 g/mol. The van der Waals surface area contributed by atoms with Crippen molar-refractivity contribution in [3.05, 3.63) is 69.1 Å². The van der Waals surface area contributed by atoms with Crippen molar-refractivity contribution < 1.29 is 19.5 Å². The molecule has 168 valence electrons. The average Bonchev–Trinajstić information content (AvgIpc) is 2.73. The number of nitro benzene ring substituents is 1. The van der Waals surface area contributed by atoms with Crippen molar-refractivity contribution in [2.75, 3.05) is 18.5 Å². The molecule has 2 aromatic carbocycles. The zero-order valence-corrected chi connectivity index (χ0v) is 19.4. The monoisotopic (exact) mass is 502 g/mol. The summed E-state index contributed by atoms with van der Waals surface area (Å²) in [5.41, 5.74) is 0.352. The van der Waals surface area contributed by atoms with E-state index in [1.54, 1.807) is 26.8 Å². The zero-order valence-electron chi connectivity index (χ0n) is 17.8. The third-order valence-corrected chi connectivity index (χ3v) is 4.99. The number of rotatable bonds is 9. The highest BCUT2D eigenvalue weighted by molar-refractivity contribution is 9.10. The normalized spacial score (nSPS) is 12.1. The van der Waals surface area contributed by atoms with Crippen molar-refractivity contribution in [1.82, 2.24) is 9.97 Å². The maximum atomic E-state index is 11.7. The molecule has 0 aliphatic heterocycles. The van der Waals surface area contributed by atoms with Crippen LogP contribution in [-0.2, 0) is 4.74 Å². The number of nitro groups is 1. The lowest BCUT2D eigenvalue weighted by Gasteiger charge is -2.21. The SMILES string of the molecule is C/C(=C/COC(C)(C)CO)Oc1cc2ncnc(Nc3cccc(Br)c3)c2cc1[N+](=O)[O-]. The van der Waals surface area contributed by atoms with Crippen LogP contribution < -0.4 is 10.1 Å². The first-order chi connectivity index (χ1) is 15.2. The minimum absolute atomic E-state index is 0.0600. The second kappa shape index (κ2) is 10.0. The van der Waals surface area contributed by atoms with Gasteiger partial charge in [0.1, 0.15) is 12.1 Å². The Kier molecular flexibility index (Phi) is 7.39. The van der Waals surface area contributed by atoms with Crippen molar-refractivity contribution >= 4 is 44.0 Å². The lowest BCUT2D eigenvalue weighted by Crippen LogP contribution is -2.29. The molecule has 3 rings (SSSR count). The fourth-order valence-electron chi connectivity index (χ4n) is 2.74. The van der Waals surface area contributed by atoms with Gasteiger partial charge in [-0.1, -0.05) is 22.0 Å². The third kappa shape index (κ3) is 6.00.